The lowest BCUT2D eigenvalue weighted by atomic mass is 9.65. The highest BCUT2D eigenvalue weighted by Gasteiger charge is 2.51. The van der Waals surface area contributed by atoms with E-state index < -0.39 is 0 Å². The van der Waals surface area contributed by atoms with Crippen molar-refractivity contribution in [3.63, 3.8) is 0 Å². The van der Waals surface area contributed by atoms with Gasteiger partial charge in [0.2, 0.25) is 0 Å². The van der Waals surface area contributed by atoms with Gasteiger partial charge in [-0.05, 0) is 66.5 Å². The predicted molar refractivity (Wildman–Crippen MR) is 125 cm³/mol. The number of hydrogen-bond acceptors (Lipinski definition) is 2. The Kier molecular flexibility index (Phi) is 4.93. The van der Waals surface area contributed by atoms with Gasteiger partial charge in [0, 0.05) is 18.2 Å². The van der Waals surface area contributed by atoms with Crippen LogP contribution in [-0.4, -0.2) is 33.2 Å². The number of hydrogen-bond donors (Lipinski definition) is 0. The van der Waals surface area contributed by atoms with Crippen molar-refractivity contribution in [1.82, 2.24) is 14.7 Å². The molecule has 0 N–H and O–H groups in total. The van der Waals surface area contributed by atoms with Crippen LogP contribution in [0.25, 0.3) is 16.9 Å². The molecule has 1 saturated heterocycles. The molecule has 3 aromatic rings. The highest BCUT2D eigenvalue weighted by molar-refractivity contribution is 6.33. The average molecular weight is 452 g/mol. The number of rotatable bonds is 3. The van der Waals surface area contributed by atoms with Gasteiger partial charge < -0.3 is 4.90 Å². The molecule has 5 rings (SSSR count). The number of carbonyl (C=O) groups is 1. The van der Waals surface area contributed by atoms with E-state index in [1.54, 1.807) is 16.8 Å². The van der Waals surface area contributed by atoms with Crippen molar-refractivity contribution >= 4 is 17.5 Å². The maximum Gasteiger partial charge on any atom is 0.272 e. The molecule has 2 fully saturated rings. The summed E-state index contributed by atoms with van der Waals surface area (Å²) in [4.78, 5) is 15.9. The highest BCUT2D eigenvalue weighted by Crippen LogP contribution is 2.52. The lowest BCUT2D eigenvalue weighted by Crippen LogP contribution is -2.38. The molecule has 0 radical (unpaired) electrons. The van der Waals surface area contributed by atoms with E-state index in [1.807, 2.05) is 35.2 Å². The molecule has 1 aromatic heterocycles. The van der Waals surface area contributed by atoms with E-state index in [1.165, 1.54) is 12.1 Å². The fourth-order valence-corrected chi connectivity index (χ4v) is 6.19. The van der Waals surface area contributed by atoms with Gasteiger partial charge >= 0.3 is 0 Å². The number of amides is 1. The average Bonchev–Trinajstić information content (AvgIpc) is 3.26. The van der Waals surface area contributed by atoms with E-state index in [-0.39, 0.29) is 28.6 Å². The predicted octanol–water partition coefficient (Wildman–Crippen LogP) is 6.37. The molecule has 1 aliphatic heterocycles. The minimum absolute atomic E-state index is 0.0356. The molecule has 166 valence electrons. The summed E-state index contributed by atoms with van der Waals surface area (Å²) < 4.78 is 15.2. The Hall–Kier alpha value is -2.66. The molecule has 2 unspecified atom stereocenters. The zero-order chi connectivity index (χ0) is 22.7. The van der Waals surface area contributed by atoms with Crippen molar-refractivity contribution in [3.8, 4) is 16.9 Å². The molecular formula is C26H27ClFN3O. The summed E-state index contributed by atoms with van der Waals surface area (Å²) in [6.07, 6.45) is 3.14. The molecule has 1 amide bonds. The second-order valence-electron chi connectivity index (χ2n) is 10.4. The number of carbonyl (C=O) groups excluding carboxylic acids is 1. The summed E-state index contributed by atoms with van der Waals surface area (Å²) in [6.45, 7) is 7.63. The van der Waals surface area contributed by atoms with Crippen molar-refractivity contribution in [2.45, 2.75) is 46.1 Å². The Morgan fingerprint density at radius 3 is 2.53 bits per heavy atom. The topological polar surface area (TPSA) is 38.1 Å². The first-order valence-electron chi connectivity index (χ1n) is 11.1. The Morgan fingerprint density at radius 2 is 1.81 bits per heavy atom. The van der Waals surface area contributed by atoms with Gasteiger partial charge in [-0.2, -0.15) is 5.10 Å². The van der Waals surface area contributed by atoms with Crippen LogP contribution in [0, 0.1) is 16.6 Å². The van der Waals surface area contributed by atoms with E-state index >= 15 is 0 Å². The Bertz CT molecular complexity index is 1190. The van der Waals surface area contributed by atoms with Crippen molar-refractivity contribution in [1.29, 1.82) is 0 Å². The van der Waals surface area contributed by atoms with Gasteiger partial charge in [0.25, 0.3) is 5.91 Å². The standard InChI is InChI=1S/C26H27ClFN3O/c1-25(2)13-19-14-26(3,15-25)16-30(19)24(32)23-12-22(20-6-4-5-7-21(20)27)29-31(23)18-10-8-17(28)9-11-18/h4-12,19H,13-16H2,1-3H3. The first-order valence-corrected chi connectivity index (χ1v) is 11.4. The summed E-state index contributed by atoms with van der Waals surface area (Å²) in [5.74, 6) is -0.366. The second kappa shape index (κ2) is 7.45. The van der Waals surface area contributed by atoms with Crippen LogP contribution in [0.2, 0.25) is 5.02 Å². The lowest BCUT2D eigenvalue weighted by molar-refractivity contribution is 0.0699. The van der Waals surface area contributed by atoms with Crippen molar-refractivity contribution < 1.29 is 9.18 Å². The highest BCUT2D eigenvalue weighted by atomic mass is 35.5. The fraction of sp³-hybridized carbons (Fsp3) is 0.385. The van der Waals surface area contributed by atoms with Gasteiger partial charge in [0.15, 0.2) is 0 Å². The lowest BCUT2D eigenvalue weighted by Gasteiger charge is -2.39. The Labute approximate surface area is 193 Å². The molecule has 2 heterocycles. The van der Waals surface area contributed by atoms with E-state index in [4.69, 9.17) is 16.7 Å². The summed E-state index contributed by atoms with van der Waals surface area (Å²) in [5.41, 5.74) is 2.85. The van der Waals surface area contributed by atoms with Crippen LogP contribution in [0.3, 0.4) is 0 Å². The van der Waals surface area contributed by atoms with Gasteiger partial charge in [-0.3, -0.25) is 4.79 Å². The molecule has 6 heteroatoms. The van der Waals surface area contributed by atoms with Crippen molar-refractivity contribution in [2.75, 3.05) is 6.54 Å². The molecule has 2 atom stereocenters. The van der Waals surface area contributed by atoms with Gasteiger partial charge in [-0.25, -0.2) is 9.07 Å². The van der Waals surface area contributed by atoms with E-state index in [0.717, 1.165) is 31.4 Å². The zero-order valence-electron chi connectivity index (χ0n) is 18.6. The Balaban J connectivity index is 1.59. The minimum Gasteiger partial charge on any atom is -0.334 e. The number of likely N-dealkylation sites (tertiary alicyclic amines) is 1. The number of fused-ring (bicyclic) bond motifs is 2. The summed E-state index contributed by atoms with van der Waals surface area (Å²) in [7, 11) is 0. The molecule has 32 heavy (non-hydrogen) atoms. The second-order valence-corrected chi connectivity index (χ2v) is 10.8. The first-order chi connectivity index (χ1) is 15.1. The van der Waals surface area contributed by atoms with Crippen LogP contribution in [0.15, 0.2) is 54.6 Å². The van der Waals surface area contributed by atoms with E-state index in [9.17, 15) is 9.18 Å². The van der Waals surface area contributed by atoms with Crippen LogP contribution in [0.5, 0.6) is 0 Å². The van der Waals surface area contributed by atoms with Crippen molar-refractivity contribution in [3.05, 3.63) is 71.1 Å². The number of nitrogens with zero attached hydrogens (tertiary/aromatic N) is 3. The first kappa shape index (κ1) is 21.2. The minimum atomic E-state index is -0.330. The molecule has 4 nitrogen and oxygen atoms in total. The molecule has 1 saturated carbocycles. The molecule has 2 aromatic carbocycles. The monoisotopic (exact) mass is 451 g/mol. The van der Waals surface area contributed by atoms with Gasteiger partial charge in [-0.15, -0.1) is 0 Å². The normalized spacial score (nSPS) is 24.0. The molecule has 2 bridgehead atoms. The van der Waals surface area contributed by atoms with Crippen LogP contribution in [0.4, 0.5) is 4.39 Å². The van der Waals surface area contributed by atoms with Crippen LogP contribution >= 0.6 is 11.6 Å². The largest absolute Gasteiger partial charge is 0.334 e. The number of halogens is 2. The molecule has 0 spiro atoms. The molecule has 2 aliphatic rings. The summed E-state index contributed by atoms with van der Waals surface area (Å²) in [5, 5.41) is 5.30. The third-order valence-corrected chi connectivity index (χ3v) is 7.15. The molecular weight excluding hydrogens is 425 g/mol. The van der Waals surface area contributed by atoms with E-state index in [0.29, 0.717) is 22.1 Å². The third-order valence-electron chi connectivity index (χ3n) is 6.83. The maximum atomic E-state index is 13.9. The maximum absolute atomic E-state index is 13.9. The summed E-state index contributed by atoms with van der Waals surface area (Å²) in [6, 6.07) is 15.5. The molecule has 1 aliphatic carbocycles. The fourth-order valence-electron chi connectivity index (χ4n) is 5.96. The van der Waals surface area contributed by atoms with Gasteiger partial charge in [-0.1, -0.05) is 50.6 Å². The third kappa shape index (κ3) is 3.73. The Morgan fingerprint density at radius 1 is 1.09 bits per heavy atom. The SMILES string of the molecule is CC1(C)CC2CC(C)(CN2C(=O)c2cc(-c3ccccc3Cl)nn2-c2ccc(F)cc2)C1. The van der Waals surface area contributed by atoms with Crippen LogP contribution in [-0.2, 0) is 0 Å². The zero-order valence-corrected chi connectivity index (χ0v) is 19.4. The quantitative estimate of drug-likeness (QED) is 0.463. The number of aromatic nitrogens is 2. The smallest absolute Gasteiger partial charge is 0.272 e. The summed E-state index contributed by atoms with van der Waals surface area (Å²) >= 11 is 6.42. The van der Waals surface area contributed by atoms with Crippen molar-refractivity contribution in [2.24, 2.45) is 10.8 Å². The van der Waals surface area contributed by atoms with E-state index in [2.05, 4.69) is 20.8 Å². The van der Waals surface area contributed by atoms with Crippen LogP contribution in [0.1, 0.15) is 50.5 Å². The van der Waals surface area contributed by atoms with Gasteiger partial charge in [0.1, 0.15) is 11.5 Å². The van der Waals surface area contributed by atoms with Gasteiger partial charge in [0.05, 0.1) is 16.4 Å². The van der Waals surface area contributed by atoms with Crippen LogP contribution < -0.4 is 0 Å². The number of benzene rings is 2.